The van der Waals surface area contributed by atoms with Crippen molar-refractivity contribution in [2.24, 2.45) is 5.73 Å². The topological polar surface area (TPSA) is 29.3 Å². The minimum Gasteiger partial charge on any atom is -0.368 e. The Hall–Kier alpha value is -1.09. The van der Waals surface area contributed by atoms with Crippen molar-refractivity contribution in [1.82, 2.24) is 0 Å². The lowest BCUT2D eigenvalue weighted by molar-refractivity contribution is 0.602. The van der Waals surface area contributed by atoms with Crippen LogP contribution < -0.4 is 10.6 Å². The highest BCUT2D eigenvalue weighted by Crippen LogP contribution is 2.31. The standard InChI is InChI=1S/C13H19FN2/c1-2-10-5-4-8-16(10)13-7-3-6-12(14)11(13)9-15/h3,6-7,10H,2,4-5,8-9,15H2,1H3. The Labute approximate surface area is 96.2 Å². The predicted molar refractivity (Wildman–Crippen MR) is 65.0 cm³/mol. The SMILES string of the molecule is CCC1CCCN1c1cccc(F)c1CN. The van der Waals surface area contributed by atoms with Crippen LogP contribution in [0.2, 0.25) is 0 Å². The van der Waals surface area contributed by atoms with Crippen LogP contribution in [-0.4, -0.2) is 12.6 Å². The molecule has 1 atom stereocenters. The second-order valence-corrected chi connectivity index (χ2v) is 4.34. The van der Waals surface area contributed by atoms with Gasteiger partial charge in [-0.25, -0.2) is 4.39 Å². The number of hydrogen-bond acceptors (Lipinski definition) is 2. The largest absolute Gasteiger partial charge is 0.368 e. The Morgan fingerprint density at radius 1 is 1.50 bits per heavy atom. The van der Waals surface area contributed by atoms with E-state index in [-0.39, 0.29) is 12.4 Å². The number of rotatable bonds is 3. The fraction of sp³-hybridized carbons (Fsp3) is 0.538. The predicted octanol–water partition coefficient (Wildman–Crippen LogP) is 2.66. The molecular weight excluding hydrogens is 203 g/mol. The summed E-state index contributed by atoms with van der Waals surface area (Å²) < 4.78 is 13.6. The average molecular weight is 222 g/mol. The van der Waals surface area contributed by atoms with Gasteiger partial charge in [0, 0.05) is 30.4 Å². The van der Waals surface area contributed by atoms with Crippen LogP contribution >= 0.6 is 0 Å². The van der Waals surface area contributed by atoms with E-state index in [9.17, 15) is 4.39 Å². The maximum Gasteiger partial charge on any atom is 0.129 e. The lowest BCUT2D eigenvalue weighted by atomic mass is 10.1. The van der Waals surface area contributed by atoms with Gasteiger partial charge in [0.25, 0.3) is 0 Å². The maximum atomic E-state index is 13.6. The van der Waals surface area contributed by atoms with Crippen LogP contribution in [0.15, 0.2) is 18.2 Å². The molecule has 0 spiro atoms. The number of hydrogen-bond donors (Lipinski definition) is 1. The Morgan fingerprint density at radius 3 is 3.00 bits per heavy atom. The van der Waals surface area contributed by atoms with E-state index in [1.807, 2.05) is 6.07 Å². The molecule has 1 saturated heterocycles. The minimum absolute atomic E-state index is 0.179. The molecule has 16 heavy (non-hydrogen) atoms. The molecule has 2 nitrogen and oxygen atoms in total. The van der Waals surface area contributed by atoms with Crippen LogP contribution in [-0.2, 0) is 6.54 Å². The van der Waals surface area contributed by atoms with E-state index in [4.69, 9.17) is 5.73 Å². The lowest BCUT2D eigenvalue weighted by Gasteiger charge is -2.28. The van der Waals surface area contributed by atoms with E-state index in [1.165, 1.54) is 18.9 Å². The lowest BCUT2D eigenvalue weighted by Crippen LogP contribution is -2.30. The van der Waals surface area contributed by atoms with Crippen molar-refractivity contribution >= 4 is 5.69 Å². The molecule has 1 aliphatic heterocycles. The van der Waals surface area contributed by atoms with Gasteiger partial charge in [-0.1, -0.05) is 13.0 Å². The van der Waals surface area contributed by atoms with Crippen LogP contribution in [0.5, 0.6) is 0 Å². The summed E-state index contributed by atoms with van der Waals surface area (Å²) in [4.78, 5) is 2.31. The van der Waals surface area contributed by atoms with Crippen molar-refractivity contribution in [1.29, 1.82) is 0 Å². The molecule has 0 saturated carbocycles. The van der Waals surface area contributed by atoms with Gasteiger partial charge in [0.1, 0.15) is 5.82 Å². The Kier molecular flexibility index (Phi) is 3.44. The van der Waals surface area contributed by atoms with Crippen molar-refractivity contribution in [3.63, 3.8) is 0 Å². The third-order valence-corrected chi connectivity index (χ3v) is 3.46. The molecule has 0 radical (unpaired) electrons. The van der Waals surface area contributed by atoms with E-state index in [0.717, 1.165) is 18.7 Å². The highest BCUT2D eigenvalue weighted by molar-refractivity contribution is 5.55. The Bertz CT molecular complexity index is 365. The summed E-state index contributed by atoms with van der Waals surface area (Å²) in [6.07, 6.45) is 3.51. The molecule has 1 aliphatic rings. The summed E-state index contributed by atoms with van der Waals surface area (Å²) in [5.74, 6) is -0.179. The van der Waals surface area contributed by atoms with Gasteiger partial charge in [-0.2, -0.15) is 0 Å². The van der Waals surface area contributed by atoms with Crippen molar-refractivity contribution in [3.8, 4) is 0 Å². The average Bonchev–Trinajstić information content (AvgIpc) is 2.76. The minimum atomic E-state index is -0.179. The summed E-state index contributed by atoms with van der Waals surface area (Å²) in [6, 6.07) is 5.80. The summed E-state index contributed by atoms with van der Waals surface area (Å²) >= 11 is 0. The Morgan fingerprint density at radius 2 is 2.31 bits per heavy atom. The van der Waals surface area contributed by atoms with Gasteiger partial charge < -0.3 is 10.6 Å². The van der Waals surface area contributed by atoms with Gasteiger partial charge in [-0.3, -0.25) is 0 Å². The molecule has 1 aromatic rings. The van der Waals surface area contributed by atoms with E-state index < -0.39 is 0 Å². The molecule has 1 unspecified atom stereocenters. The van der Waals surface area contributed by atoms with Crippen molar-refractivity contribution in [2.75, 3.05) is 11.4 Å². The van der Waals surface area contributed by atoms with Gasteiger partial charge in [-0.15, -0.1) is 0 Å². The Balaban J connectivity index is 2.35. The van der Waals surface area contributed by atoms with Gasteiger partial charge in [0.05, 0.1) is 0 Å². The van der Waals surface area contributed by atoms with Crippen molar-refractivity contribution < 1.29 is 4.39 Å². The molecule has 1 heterocycles. The zero-order valence-corrected chi connectivity index (χ0v) is 9.75. The number of nitrogens with two attached hydrogens (primary N) is 1. The molecule has 0 bridgehead atoms. The molecule has 2 rings (SSSR count). The van der Waals surface area contributed by atoms with Gasteiger partial charge in [-0.05, 0) is 31.4 Å². The van der Waals surface area contributed by atoms with E-state index >= 15 is 0 Å². The highest BCUT2D eigenvalue weighted by Gasteiger charge is 2.25. The monoisotopic (exact) mass is 222 g/mol. The third-order valence-electron chi connectivity index (χ3n) is 3.46. The smallest absolute Gasteiger partial charge is 0.129 e. The third kappa shape index (κ3) is 1.92. The molecular formula is C13H19FN2. The fourth-order valence-electron chi connectivity index (χ4n) is 2.60. The molecule has 3 heteroatoms. The van der Waals surface area contributed by atoms with Crippen LogP contribution in [0.1, 0.15) is 31.7 Å². The van der Waals surface area contributed by atoms with Crippen LogP contribution in [0, 0.1) is 5.82 Å². The molecule has 0 aliphatic carbocycles. The first-order valence-corrected chi connectivity index (χ1v) is 6.02. The molecule has 1 aromatic carbocycles. The summed E-state index contributed by atoms with van der Waals surface area (Å²) in [7, 11) is 0. The zero-order chi connectivity index (χ0) is 11.5. The van der Waals surface area contributed by atoms with Gasteiger partial charge in [0.15, 0.2) is 0 Å². The van der Waals surface area contributed by atoms with Crippen molar-refractivity contribution in [2.45, 2.75) is 38.8 Å². The van der Waals surface area contributed by atoms with E-state index in [1.54, 1.807) is 6.07 Å². The fourth-order valence-corrected chi connectivity index (χ4v) is 2.60. The molecule has 1 fully saturated rings. The van der Waals surface area contributed by atoms with E-state index in [2.05, 4.69) is 11.8 Å². The normalized spacial score (nSPS) is 20.4. The van der Waals surface area contributed by atoms with E-state index in [0.29, 0.717) is 11.6 Å². The van der Waals surface area contributed by atoms with Gasteiger partial charge >= 0.3 is 0 Å². The van der Waals surface area contributed by atoms with Crippen molar-refractivity contribution in [3.05, 3.63) is 29.6 Å². The number of anilines is 1. The summed E-state index contributed by atoms with van der Waals surface area (Å²) in [5.41, 5.74) is 7.29. The van der Waals surface area contributed by atoms with Gasteiger partial charge in [0.2, 0.25) is 0 Å². The number of nitrogens with zero attached hydrogens (tertiary/aromatic N) is 1. The summed E-state index contributed by atoms with van der Waals surface area (Å²) in [6.45, 7) is 3.48. The van der Waals surface area contributed by atoms with Crippen LogP contribution in [0.3, 0.4) is 0 Å². The first kappa shape index (κ1) is 11.4. The van der Waals surface area contributed by atoms with Crippen LogP contribution in [0.25, 0.3) is 0 Å². The quantitative estimate of drug-likeness (QED) is 0.852. The van der Waals surface area contributed by atoms with Crippen LogP contribution in [0.4, 0.5) is 10.1 Å². The highest BCUT2D eigenvalue weighted by atomic mass is 19.1. The molecule has 88 valence electrons. The first-order valence-electron chi connectivity index (χ1n) is 6.02. The molecule has 2 N–H and O–H groups in total. The number of halogens is 1. The second kappa shape index (κ2) is 4.83. The first-order chi connectivity index (χ1) is 7.77. The zero-order valence-electron chi connectivity index (χ0n) is 9.75. The maximum absolute atomic E-state index is 13.6. The number of benzene rings is 1. The summed E-state index contributed by atoms with van der Waals surface area (Å²) in [5, 5.41) is 0. The molecule has 0 aromatic heterocycles. The second-order valence-electron chi connectivity index (χ2n) is 4.34. The molecule has 0 amide bonds.